The summed E-state index contributed by atoms with van der Waals surface area (Å²) in [4.78, 5) is 4.28. The minimum Gasteiger partial charge on any atom is -0.404 e. The lowest BCUT2D eigenvalue weighted by atomic mass is 9.93. The van der Waals surface area contributed by atoms with Crippen LogP contribution in [0.15, 0.2) is 16.8 Å². The fraction of sp³-hybridized carbons (Fsp3) is 0.727. The first-order valence-electron chi connectivity index (χ1n) is 5.39. The van der Waals surface area contributed by atoms with E-state index in [-0.39, 0.29) is 18.9 Å². The molecule has 1 aliphatic rings. The summed E-state index contributed by atoms with van der Waals surface area (Å²) in [7, 11) is 0. The lowest BCUT2D eigenvalue weighted by molar-refractivity contribution is -0.0373. The number of hydrogen-bond acceptors (Lipinski definition) is 2. The molecule has 2 nitrogen and oxygen atoms in total. The van der Waals surface area contributed by atoms with Gasteiger partial charge in [-0.3, -0.25) is 4.99 Å². The summed E-state index contributed by atoms with van der Waals surface area (Å²) in [6.45, 7) is 1.99. The third kappa shape index (κ3) is 3.98. The average Bonchev–Trinajstić information content (AvgIpc) is 2.21. The summed E-state index contributed by atoms with van der Waals surface area (Å²) < 4.78 is 25.7. The fourth-order valence-corrected chi connectivity index (χ4v) is 1.63. The minimum absolute atomic E-state index is 0.0389. The Labute approximate surface area is 89.3 Å². The van der Waals surface area contributed by atoms with Crippen LogP contribution in [0.4, 0.5) is 8.78 Å². The van der Waals surface area contributed by atoms with Crippen LogP contribution in [0.5, 0.6) is 0 Å². The number of aliphatic imine (C=N–C) groups is 1. The van der Waals surface area contributed by atoms with Crippen molar-refractivity contribution in [1.29, 1.82) is 0 Å². The Kier molecular flexibility index (Phi) is 4.24. The van der Waals surface area contributed by atoms with Crippen LogP contribution in [0.2, 0.25) is 0 Å². The molecule has 0 saturated heterocycles. The van der Waals surface area contributed by atoms with Gasteiger partial charge in [0.15, 0.2) is 0 Å². The molecule has 0 spiro atoms. The van der Waals surface area contributed by atoms with Crippen LogP contribution in [0.3, 0.4) is 0 Å². The third-order valence-corrected chi connectivity index (χ3v) is 2.76. The van der Waals surface area contributed by atoms with Gasteiger partial charge in [-0.2, -0.15) is 0 Å². The number of allylic oxidation sites excluding steroid dienone is 1. The molecular formula is C11H18F2N2. The molecule has 0 bridgehead atoms. The smallest absolute Gasteiger partial charge is 0.248 e. The first-order valence-corrected chi connectivity index (χ1v) is 5.39. The molecule has 1 fully saturated rings. The van der Waals surface area contributed by atoms with Crippen molar-refractivity contribution in [3.63, 3.8) is 0 Å². The number of halogens is 2. The number of alkyl halides is 2. The van der Waals surface area contributed by atoms with E-state index < -0.39 is 5.92 Å². The highest BCUT2D eigenvalue weighted by Gasteiger charge is 2.34. The topological polar surface area (TPSA) is 38.4 Å². The molecular weight excluding hydrogens is 198 g/mol. The maximum Gasteiger partial charge on any atom is 0.248 e. The van der Waals surface area contributed by atoms with Crippen molar-refractivity contribution in [3.8, 4) is 0 Å². The lowest BCUT2D eigenvalue weighted by Gasteiger charge is -2.25. The standard InChI is InChI=1S/C11H18F2N2/c1-2-9(7-14)8-15-10-3-5-11(12,13)6-4-10/h7-8,10H,2-6,14H2,1H3. The van der Waals surface area contributed by atoms with Crippen molar-refractivity contribution in [2.24, 2.45) is 10.7 Å². The summed E-state index contributed by atoms with van der Waals surface area (Å²) >= 11 is 0. The Morgan fingerprint density at radius 3 is 2.53 bits per heavy atom. The Morgan fingerprint density at radius 1 is 1.47 bits per heavy atom. The normalized spacial score (nSPS) is 23.5. The zero-order valence-electron chi connectivity index (χ0n) is 9.05. The van der Waals surface area contributed by atoms with Crippen molar-refractivity contribution in [1.82, 2.24) is 0 Å². The maximum atomic E-state index is 12.8. The fourth-order valence-electron chi connectivity index (χ4n) is 1.63. The first kappa shape index (κ1) is 12.1. The summed E-state index contributed by atoms with van der Waals surface area (Å²) in [5, 5.41) is 0. The van der Waals surface area contributed by atoms with Crippen molar-refractivity contribution in [2.45, 2.75) is 51.0 Å². The highest BCUT2D eigenvalue weighted by Crippen LogP contribution is 2.34. The van der Waals surface area contributed by atoms with E-state index in [0.717, 1.165) is 12.0 Å². The monoisotopic (exact) mass is 216 g/mol. The molecule has 0 amide bonds. The van der Waals surface area contributed by atoms with E-state index in [9.17, 15) is 8.78 Å². The Morgan fingerprint density at radius 2 is 2.07 bits per heavy atom. The van der Waals surface area contributed by atoms with Gasteiger partial charge in [0.1, 0.15) is 0 Å². The van der Waals surface area contributed by atoms with E-state index in [1.165, 1.54) is 6.20 Å². The number of rotatable bonds is 3. The van der Waals surface area contributed by atoms with E-state index >= 15 is 0 Å². The molecule has 0 aliphatic heterocycles. The van der Waals surface area contributed by atoms with Gasteiger partial charge < -0.3 is 5.73 Å². The van der Waals surface area contributed by atoms with Crippen LogP contribution in [0.25, 0.3) is 0 Å². The molecule has 1 rings (SSSR count). The molecule has 1 saturated carbocycles. The molecule has 0 radical (unpaired) electrons. The van der Waals surface area contributed by atoms with E-state index in [0.29, 0.717) is 12.8 Å². The quantitative estimate of drug-likeness (QED) is 0.724. The van der Waals surface area contributed by atoms with Crippen molar-refractivity contribution in [3.05, 3.63) is 11.8 Å². The second-order valence-corrected chi connectivity index (χ2v) is 3.96. The molecule has 0 heterocycles. The Hall–Kier alpha value is -0.930. The molecule has 0 atom stereocenters. The first-order chi connectivity index (χ1) is 7.07. The summed E-state index contributed by atoms with van der Waals surface area (Å²) in [6, 6.07) is 0.0473. The number of hydrogen-bond donors (Lipinski definition) is 1. The Balaban J connectivity index is 2.42. The summed E-state index contributed by atoms with van der Waals surface area (Å²) in [6.07, 6.45) is 4.93. The second-order valence-electron chi connectivity index (χ2n) is 3.96. The van der Waals surface area contributed by atoms with Gasteiger partial charge >= 0.3 is 0 Å². The zero-order chi connectivity index (χ0) is 11.3. The highest BCUT2D eigenvalue weighted by atomic mass is 19.3. The van der Waals surface area contributed by atoms with Crippen LogP contribution in [0.1, 0.15) is 39.0 Å². The molecule has 2 N–H and O–H groups in total. The highest BCUT2D eigenvalue weighted by molar-refractivity contribution is 5.78. The molecule has 86 valence electrons. The number of nitrogens with two attached hydrogens (primary N) is 1. The predicted molar refractivity (Wildman–Crippen MR) is 58.3 cm³/mol. The largest absolute Gasteiger partial charge is 0.404 e. The van der Waals surface area contributed by atoms with Gasteiger partial charge in [0.05, 0.1) is 6.04 Å². The van der Waals surface area contributed by atoms with Gasteiger partial charge in [-0.05, 0) is 31.0 Å². The van der Waals surface area contributed by atoms with Crippen LogP contribution in [0, 0.1) is 0 Å². The third-order valence-electron chi connectivity index (χ3n) is 2.76. The molecule has 4 heteroatoms. The Bertz CT molecular complexity index is 249. The van der Waals surface area contributed by atoms with E-state index in [2.05, 4.69) is 4.99 Å². The van der Waals surface area contributed by atoms with E-state index in [4.69, 9.17) is 5.73 Å². The van der Waals surface area contributed by atoms with Crippen molar-refractivity contribution >= 4 is 6.21 Å². The SMILES string of the molecule is CCC(C=NC1CCC(F)(F)CC1)=CN. The lowest BCUT2D eigenvalue weighted by Crippen LogP contribution is -2.26. The second kappa shape index (κ2) is 5.24. The number of nitrogens with zero attached hydrogens (tertiary/aromatic N) is 1. The van der Waals surface area contributed by atoms with Gasteiger partial charge in [-0.25, -0.2) is 8.78 Å². The summed E-state index contributed by atoms with van der Waals surface area (Å²) in [5.74, 6) is -2.47. The minimum atomic E-state index is -2.47. The predicted octanol–water partition coefficient (Wildman–Crippen LogP) is 2.89. The van der Waals surface area contributed by atoms with Crippen LogP contribution < -0.4 is 5.73 Å². The van der Waals surface area contributed by atoms with Crippen LogP contribution in [-0.4, -0.2) is 18.2 Å². The van der Waals surface area contributed by atoms with Crippen LogP contribution in [-0.2, 0) is 0 Å². The molecule has 0 aromatic heterocycles. The molecule has 0 aromatic rings. The van der Waals surface area contributed by atoms with E-state index in [1.807, 2.05) is 6.92 Å². The van der Waals surface area contributed by atoms with Crippen molar-refractivity contribution < 1.29 is 8.78 Å². The molecule has 1 aliphatic carbocycles. The maximum absolute atomic E-state index is 12.8. The van der Waals surface area contributed by atoms with Gasteiger partial charge in [0, 0.05) is 19.1 Å². The van der Waals surface area contributed by atoms with Gasteiger partial charge in [-0.15, -0.1) is 0 Å². The average molecular weight is 216 g/mol. The van der Waals surface area contributed by atoms with E-state index in [1.54, 1.807) is 6.21 Å². The molecule has 0 aromatic carbocycles. The van der Waals surface area contributed by atoms with Crippen molar-refractivity contribution in [2.75, 3.05) is 0 Å². The molecule has 15 heavy (non-hydrogen) atoms. The van der Waals surface area contributed by atoms with Gasteiger partial charge in [0.25, 0.3) is 0 Å². The molecule has 0 unspecified atom stereocenters. The summed E-state index contributed by atoms with van der Waals surface area (Å²) in [5.41, 5.74) is 6.32. The van der Waals surface area contributed by atoms with Crippen LogP contribution >= 0.6 is 0 Å². The zero-order valence-corrected chi connectivity index (χ0v) is 9.05. The van der Waals surface area contributed by atoms with Gasteiger partial charge in [-0.1, -0.05) is 6.92 Å². The van der Waals surface area contributed by atoms with Gasteiger partial charge in [0.2, 0.25) is 5.92 Å².